The third-order valence-corrected chi connectivity index (χ3v) is 2.89. The van der Waals surface area contributed by atoms with Crippen LogP contribution in [0.15, 0.2) is 30.3 Å². The fraction of sp³-hybridized carbons (Fsp3) is 0.385. The average molecular weight is 266 g/mol. The van der Waals surface area contributed by atoms with Gasteiger partial charge in [-0.15, -0.1) is 0 Å². The highest BCUT2D eigenvalue weighted by Gasteiger charge is 2.22. The van der Waals surface area contributed by atoms with Crippen molar-refractivity contribution in [1.29, 1.82) is 0 Å². The second-order valence-corrected chi connectivity index (χ2v) is 4.33. The van der Waals surface area contributed by atoms with E-state index in [4.69, 9.17) is 10.5 Å². The zero-order valence-electron chi connectivity index (χ0n) is 11.2. The third kappa shape index (κ3) is 5.39. The zero-order valence-corrected chi connectivity index (χ0v) is 11.2. The molecule has 6 heteroatoms. The van der Waals surface area contributed by atoms with Crippen LogP contribution in [-0.2, 0) is 4.79 Å². The van der Waals surface area contributed by atoms with Crippen LogP contribution in [0.4, 0.5) is 4.79 Å². The first-order valence-corrected chi connectivity index (χ1v) is 6.11. The summed E-state index contributed by atoms with van der Waals surface area (Å²) in [5.41, 5.74) is 4.90. The number of amides is 3. The average Bonchev–Trinajstić information content (AvgIpc) is 2.38. The minimum Gasteiger partial charge on any atom is -0.488 e. The molecule has 0 aliphatic carbocycles. The largest absolute Gasteiger partial charge is 0.488 e. The van der Waals surface area contributed by atoms with E-state index in [2.05, 4.69) is 5.32 Å². The predicted molar refractivity (Wildman–Crippen MR) is 70.9 cm³/mol. The summed E-state index contributed by atoms with van der Waals surface area (Å²) >= 11 is 0. The van der Waals surface area contributed by atoms with Crippen LogP contribution in [0.1, 0.15) is 6.92 Å². The fourth-order valence-electron chi connectivity index (χ4n) is 1.52. The highest BCUT2D eigenvalue weighted by atomic mass is 16.5. The van der Waals surface area contributed by atoms with E-state index in [9.17, 15) is 9.59 Å². The lowest BCUT2D eigenvalue weighted by Crippen LogP contribution is -3.14. The van der Waals surface area contributed by atoms with Gasteiger partial charge in [0.2, 0.25) is 0 Å². The summed E-state index contributed by atoms with van der Waals surface area (Å²) in [4.78, 5) is 23.1. The van der Waals surface area contributed by atoms with Crippen LogP contribution in [0.3, 0.4) is 0 Å². The Labute approximate surface area is 112 Å². The number of carbonyl (C=O) groups excluding carboxylic acids is 2. The van der Waals surface area contributed by atoms with E-state index >= 15 is 0 Å². The molecule has 0 aliphatic heterocycles. The number of para-hydroxylation sites is 1. The van der Waals surface area contributed by atoms with Crippen molar-refractivity contribution in [3.63, 3.8) is 0 Å². The summed E-state index contributed by atoms with van der Waals surface area (Å²) < 4.78 is 5.54. The number of hydrogen-bond acceptors (Lipinski definition) is 3. The Morgan fingerprint density at radius 1 is 1.37 bits per heavy atom. The van der Waals surface area contributed by atoms with E-state index in [-0.39, 0.29) is 11.9 Å². The van der Waals surface area contributed by atoms with Crippen molar-refractivity contribution in [2.24, 2.45) is 5.73 Å². The Balaban J connectivity index is 2.32. The molecule has 0 fully saturated rings. The van der Waals surface area contributed by atoms with E-state index in [1.54, 1.807) is 6.92 Å². The van der Waals surface area contributed by atoms with Gasteiger partial charge in [-0.3, -0.25) is 10.1 Å². The second-order valence-electron chi connectivity index (χ2n) is 4.33. The van der Waals surface area contributed by atoms with Crippen molar-refractivity contribution in [2.45, 2.75) is 13.0 Å². The summed E-state index contributed by atoms with van der Waals surface area (Å²) in [5, 5.41) is 2.07. The lowest BCUT2D eigenvalue weighted by molar-refractivity contribution is -0.894. The topological polar surface area (TPSA) is 85.9 Å². The first-order valence-electron chi connectivity index (χ1n) is 6.11. The van der Waals surface area contributed by atoms with Gasteiger partial charge in [0.05, 0.1) is 7.05 Å². The summed E-state index contributed by atoms with van der Waals surface area (Å²) in [7, 11) is 1.86. The molecule has 19 heavy (non-hydrogen) atoms. The lowest BCUT2D eigenvalue weighted by Gasteiger charge is -2.20. The number of quaternary nitrogens is 1. The van der Waals surface area contributed by atoms with Crippen LogP contribution in [-0.4, -0.2) is 38.2 Å². The van der Waals surface area contributed by atoms with Gasteiger partial charge in [0, 0.05) is 0 Å². The van der Waals surface area contributed by atoms with E-state index < -0.39 is 6.03 Å². The molecule has 1 unspecified atom stereocenters. The highest BCUT2D eigenvalue weighted by Crippen LogP contribution is 2.06. The molecule has 0 radical (unpaired) electrons. The normalized spacial score (nSPS) is 13.4. The van der Waals surface area contributed by atoms with Crippen LogP contribution in [0.25, 0.3) is 0 Å². The Bertz CT molecular complexity index is 422. The summed E-state index contributed by atoms with van der Waals surface area (Å²) in [6, 6.07) is 8.26. The van der Waals surface area contributed by atoms with Crippen molar-refractivity contribution in [1.82, 2.24) is 5.32 Å². The van der Waals surface area contributed by atoms with Gasteiger partial charge < -0.3 is 15.4 Å². The molecule has 2 atom stereocenters. The molecule has 3 amide bonds. The minimum atomic E-state index is -0.829. The Hall–Kier alpha value is -2.08. The number of primary amides is 1. The first-order chi connectivity index (χ1) is 9.00. The Morgan fingerprint density at radius 2 is 2.00 bits per heavy atom. The Kier molecular flexibility index (Phi) is 5.81. The molecule has 0 saturated carbocycles. The molecule has 1 aromatic rings. The van der Waals surface area contributed by atoms with E-state index in [0.717, 1.165) is 10.6 Å². The number of hydrogen-bond donors (Lipinski definition) is 3. The van der Waals surface area contributed by atoms with Crippen LogP contribution < -0.4 is 20.7 Å². The quantitative estimate of drug-likeness (QED) is 0.628. The van der Waals surface area contributed by atoms with Crippen LogP contribution in [0.2, 0.25) is 0 Å². The number of ether oxygens (including phenoxy) is 1. The van der Waals surface area contributed by atoms with Gasteiger partial charge in [0.25, 0.3) is 5.91 Å². The smallest absolute Gasteiger partial charge is 0.319 e. The molecule has 104 valence electrons. The maximum atomic E-state index is 11.6. The van der Waals surface area contributed by atoms with E-state index in [0.29, 0.717) is 13.2 Å². The summed E-state index contributed by atoms with van der Waals surface area (Å²) in [5.74, 6) is 0.411. The fourth-order valence-corrected chi connectivity index (χ4v) is 1.52. The first kappa shape index (κ1) is 15.0. The van der Waals surface area contributed by atoms with Gasteiger partial charge in [-0.05, 0) is 19.1 Å². The number of benzene rings is 1. The SMILES string of the molecule is C[C@H](C(=O)NC(N)=O)[NH+](C)CCOc1ccccc1. The predicted octanol–water partition coefficient (Wildman–Crippen LogP) is -0.836. The Morgan fingerprint density at radius 3 is 2.58 bits per heavy atom. The zero-order chi connectivity index (χ0) is 14.3. The van der Waals surface area contributed by atoms with E-state index in [1.807, 2.05) is 37.4 Å². The summed E-state index contributed by atoms with van der Waals surface area (Å²) in [6.07, 6.45) is 0. The van der Waals surface area contributed by atoms with Gasteiger partial charge in [-0.2, -0.15) is 0 Å². The number of rotatable bonds is 6. The van der Waals surface area contributed by atoms with Crippen LogP contribution in [0.5, 0.6) is 5.75 Å². The van der Waals surface area contributed by atoms with Crippen molar-refractivity contribution < 1.29 is 19.2 Å². The van der Waals surface area contributed by atoms with Crippen molar-refractivity contribution in [3.05, 3.63) is 30.3 Å². The molecule has 0 aliphatic rings. The third-order valence-electron chi connectivity index (χ3n) is 2.89. The number of nitrogens with two attached hydrogens (primary N) is 1. The molecule has 4 N–H and O–H groups in total. The molecule has 0 heterocycles. The lowest BCUT2D eigenvalue weighted by atomic mass is 10.3. The van der Waals surface area contributed by atoms with Crippen molar-refractivity contribution >= 4 is 11.9 Å². The maximum absolute atomic E-state index is 11.6. The van der Waals surface area contributed by atoms with Gasteiger partial charge >= 0.3 is 6.03 Å². The van der Waals surface area contributed by atoms with Crippen molar-refractivity contribution in [2.75, 3.05) is 20.2 Å². The molecule has 1 aromatic carbocycles. The van der Waals surface area contributed by atoms with E-state index in [1.165, 1.54) is 0 Å². The molecule has 0 saturated heterocycles. The van der Waals surface area contributed by atoms with Gasteiger partial charge in [-0.1, -0.05) is 18.2 Å². The van der Waals surface area contributed by atoms with Gasteiger partial charge in [0.15, 0.2) is 6.04 Å². The molecular formula is C13H20N3O3+. The molecule has 0 bridgehead atoms. The standard InChI is InChI=1S/C13H19N3O3/c1-10(12(17)15-13(14)18)16(2)8-9-19-11-6-4-3-5-7-11/h3-7,10H,8-9H2,1-2H3,(H3,14,15,17,18)/p+1/t10-/m1/s1. The number of carbonyl (C=O) groups is 2. The van der Waals surface area contributed by atoms with Gasteiger partial charge in [0.1, 0.15) is 18.9 Å². The van der Waals surface area contributed by atoms with Crippen LogP contribution >= 0.6 is 0 Å². The second kappa shape index (κ2) is 7.38. The molecule has 0 spiro atoms. The molecule has 6 nitrogen and oxygen atoms in total. The van der Waals surface area contributed by atoms with Crippen LogP contribution in [0, 0.1) is 0 Å². The highest BCUT2D eigenvalue weighted by molar-refractivity contribution is 5.95. The number of likely N-dealkylation sites (N-methyl/N-ethyl adjacent to an activating group) is 1. The molecule has 0 aromatic heterocycles. The summed E-state index contributed by atoms with van der Waals surface area (Å²) in [6.45, 7) is 2.86. The van der Waals surface area contributed by atoms with Crippen molar-refractivity contribution in [3.8, 4) is 5.75 Å². The monoisotopic (exact) mass is 266 g/mol. The number of nitrogens with one attached hydrogen (secondary N) is 2. The number of imide groups is 1. The molecular weight excluding hydrogens is 246 g/mol. The molecule has 1 rings (SSSR count). The maximum Gasteiger partial charge on any atom is 0.319 e. The van der Waals surface area contributed by atoms with Gasteiger partial charge in [-0.25, -0.2) is 4.79 Å². The minimum absolute atomic E-state index is 0.369. The number of urea groups is 1.